The standard InChI is InChI=1S/C8H10BNO/c1-2-8(11)7-4-3-6(9)5-10-7/h3-5H,2,9H2,1H3. The molecular weight excluding hydrogens is 137 g/mol. The quantitative estimate of drug-likeness (QED) is 0.433. The third-order valence-corrected chi connectivity index (χ3v) is 1.52. The van der Waals surface area contributed by atoms with E-state index < -0.39 is 0 Å². The number of pyridine rings is 1. The van der Waals surface area contributed by atoms with E-state index in [0.29, 0.717) is 12.1 Å². The zero-order chi connectivity index (χ0) is 8.27. The summed E-state index contributed by atoms with van der Waals surface area (Å²) >= 11 is 0. The molecule has 0 saturated heterocycles. The first kappa shape index (κ1) is 7.99. The van der Waals surface area contributed by atoms with Crippen LogP contribution in [0.25, 0.3) is 0 Å². The van der Waals surface area contributed by atoms with Crippen molar-refractivity contribution in [3.05, 3.63) is 24.0 Å². The summed E-state index contributed by atoms with van der Waals surface area (Å²) in [5.41, 5.74) is 1.65. The highest BCUT2D eigenvalue weighted by Crippen LogP contribution is 1.95. The molecule has 1 heterocycles. The molecule has 0 aliphatic heterocycles. The molecule has 11 heavy (non-hydrogen) atoms. The van der Waals surface area contributed by atoms with E-state index in [4.69, 9.17) is 0 Å². The molecule has 2 nitrogen and oxygen atoms in total. The van der Waals surface area contributed by atoms with Crippen LogP contribution >= 0.6 is 0 Å². The van der Waals surface area contributed by atoms with E-state index >= 15 is 0 Å². The van der Waals surface area contributed by atoms with Gasteiger partial charge in [0, 0.05) is 12.6 Å². The fourth-order valence-corrected chi connectivity index (χ4v) is 0.814. The molecule has 0 N–H and O–H groups in total. The summed E-state index contributed by atoms with van der Waals surface area (Å²) in [5, 5.41) is 0. The lowest BCUT2D eigenvalue weighted by molar-refractivity contribution is 0.0983. The molecule has 0 aromatic carbocycles. The number of rotatable bonds is 2. The Bertz CT molecular complexity index is 255. The Morgan fingerprint density at radius 2 is 2.36 bits per heavy atom. The Kier molecular flexibility index (Phi) is 2.42. The first-order valence-electron chi connectivity index (χ1n) is 3.70. The number of hydrogen-bond acceptors (Lipinski definition) is 2. The molecule has 0 bridgehead atoms. The van der Waals surface area contributed by atoms with Crippen LogP contribution in [0.2, 0.25) is 0 Å². The van der Waals surface area contributed by atoms with E-state index in [1.165, 1.54) is 0 Å². The van der Waals surface area contributed by atoms with Crippen molar-refractivity contribution in [1.82, 2.24) is 4.98 Å². The first-order chi connectivity index (χ1) is 5.24. The van der Waals surface area contributed by atoms with Crippen molar-refractivity contribution < 1.29 is 4.79 Å². The van der Waals surface area contributed by atoms with Crippen LogP contribution in [0.3, 0.4) is 0 Å². The number of carbonyl (C=O) groups excluding carboxylic acids is 1. The van der Waals surface area contributed by atoms with Crippen LogP contribution in [0.4, 0.5) is 0 Å². The molecule has 3 heteroatoms. The second-order valence-corrected chi connectivity index (χ2v) is 2.50. The van der Waals surface area contributed by atoms with E-state index in [0.717, 1.165) is 5.46 Å². The summed E-state index contributed by atoms with van der Waals surface area (Å²) in [7, 11) is 1.95. The average Bonchev–Trinajstić information content (AvgIpc) is 2.05. The van der Waals surface area contributed by atoms with Crippen LogP contribution in [0.5, 0.6) is 0 Å². The molecule has 1 aromatic rings. The Labute approximate surface area is 67.1 Å². The van der Waals surface area contributed by atoms with Crippen LogP contribution in [-0.4, -0.2) is 18.6 Å². The lowest BCUT2D eigenvalue weighted by Gasteiger charge is -1.95. The predicted molar refractivity (Wildman–Crippen MR) is 47.0 cm³/mol. The monoisotopic (exact) mass is 147 g/mol. The van der Waals surface area contributed by atoms with E-state index in [2.05, 4.69) is 4.98 Å². The Morgan fingerprint density at radius 1 is 1.64 bits per heavy atom. The maximum Gasteiger partial charge on any atom is 0.180 e. The smallest absolute Gasteiger partial charge is 0.180 e. The average molecular weight is 147 g/mol. The molecular formula is C8H10BNO. The SMILES string of the molecule is Bc1ccc(C(=O)CC)nc1. The lowest BCUT2D eigenvalue weighted by atomic mass is 9.98. The van der Waals surface area contributed by atoms with Crippen LogP contribution in [-0.2, 0) is 0 Å². The van der Waals surface area contributed by atoms with Gasteiger partial charge in [-0.05, 0) is 6.07 Å². The van der Waals surface area contributed by atoms with Gasteiger partial charge < -0.3 is 0 Å². The van der Waals surface area contributed by atoms with Crippen LogP contribution in [0, 0.1) is 0 Å². The van der Waals surface area contributed by atoms with Crippen molar-refractivity contribution in [3.63, 3.8) is 0 Å². The second-order valence-electron chi connectivity index (χ2n) is 2.50. The van der Waals surface area contributed by atoms with Gasteiger partial charge in [0.2, 0.25) is 0 Å². The molecule has 0 fully saturated rings. The minimum atomic E-state index is 0.102. The van der Waals surface area contributed by atoms with E-state index in [9.17, 15) is 4.79 Å². The summed E-state index contributed by atoms with van der Waals surface area (Å²) in [4.78, 5) is 15.1. The van der Waals surface area contributed by atoms with E-state index in [1.807, 2.05) is 20.8 Å². The molecule has 0 spiro atoms. The lowest BCUT2D eigenvalue weighted by Crippen LogP contribution is -2.07. The summed E-state index contributed by atoms with van der Waals surface area (Å²) in [5.74, 6) is 0.102. The van der Waals surface area contributed by atoms with Crippen molar-refractivity contribution in [2.45, 2.75) is 13.3 Å². The Morgan fingerprint density at radius 3 is 2.82 bits per heavy atom. The number of nitrogens with zero attached hydrogens (tertiary/aromatic N) is 1. The maximum absolute atomic E-state index is 11.1. The third kappa shape index (κ3) is 1.90. The van der Waals surface area contributed by atoms with Crippen molar-refractivity contribution in [1.29, 1.82) is 0 Å². The molecule has 0 aliphatic carbocycles. The summed E-state index contributed by atoms with van der Waals surface area (Å²) < 4.78 is 0. The molecule has 0 saturated carbocycles. The van der Waals surface area contributed by atoms with Gasteiger partial charge in [-0.25, -0.2) is 0 Å². The highest BCUT2D eigenvalue weighted by atomic mass is 16.1. The predicted octanol–water partition coefficient (Wildman–Crippen LogP) is -0.0673. The zero-order valence-corrected chi connectivity index (χ0v) is 6.79. The summed E-state index contributed by atoms with van der Waals surface area (Å²) in [6.45, 7) is 1.84. The topological polar surface area (TPSA) is 30.0 Å². The third-order valence-electron chi connectivity index (χ3n) is 1.52. The Balaban J connectivity index is 2.90. The van der Waals surface area contributed by atoms with Crippen molar-refractivity contribution in [3.8, 4) is 0 Å². The van der Waals surface area contributed by atoms with Crippen molar-refractivity contribution in [2.75, 3.05) is 0 Å². The molecule has 0 radical (unpaired) electrons. The maximum atomic E-state index is 11.1. The molecule has 0 atom stereocenters. The van der Waals surface area contributed by atoms with Gasteiger partial charge in [-0.1, -0.05) is 18.5 Å². The van der Waals surface area contributed by atoms with Gasteiger partial charge in [-0.2, -0.15) is 0 Å². The summed E-state index contributed by atoms with van der Waals surface area (Å²) in [6.07, 6.45) is 2.24. The molecule has 1 rings (SSSR count). The minimum Gasteiger partial charge on any atom is -0.292 e. The molecule has 0 aliphatic rings. The summed E-state index contributed by atoms with van der Waals surface area (Å²) in [6, 6.07) is 3.66. The zero-order valence-electron chi connectivity index (χ0n) is 6.79. The van der Waals surface area contributed by atoms with Gasteiger partial charge >= 0.3 is 0 Å². The van der Waals surface area contributed by atoms with Gasteiger partial charge in [0.25, 0.3) is 0 Å². The van der Waals surface area contributed by atoms with Crippen LogP contribution in [0.1, 0.15) is 23.8 Å². The molecule has 56 valence electrons. The van der Waals surface area contributed by atoms with E-state index in [1.54, 1.807) is 12.3 Å². The largest absolute Gasteiger partial charge is 0.292 e. The Hall–Kier alpha value is -1.12. The first-order valence-corrected chi connectivity index (χ1v) is 3.70. The van der Waals surface area contributed by atoms with Crippen molar-refractivity contribution >= 4 is 19.1 Å². The van der Waals surface area contributed by atoms with Gasteiger partial charge in [0.15, 0.2) is 5.78 Å². The normalized spacial score (nSPS) is 9.55. The number of hydrogen-bond donors (Lipinski definition) is 0. The van der Waals surface area contributed by atoms with Gasteiger partial charge in [0.1, 0.15) is 13.5 Å². The van der Waals surface area contributed by atoms with Gasteiger partial charge in [0.05, 0.1) is 0 Å². The van der Waals surface area contributed by atoms with Crippen molar-refractivity contribution in [2.24, 2.45) is 0 Å². The molecule has 0 amide bonds. The van der Waals surface area contributed by atoms with Crippen LogP contribution < -0.4 is 5.46 Å². The molecule has 0 unspecified atom stereocenters. The number of carbonyl (C=O) groups is 1. The number of aromatic nitrogens is 1. The second kappa shape index (κ2) is 3.33. The van der Waals surface area contributed by atoms with Gasteiger partial charge in [-0.15, -0.1) is 0 Å². The highest BCUT2D eigenvalue weighted by molar-refractivity contribution is 6.32. The fraction of sp³-hybridized carbons (Fsp3) is 0.250. The molecule has 1 aromatic heterocycles. The highest BCUT2D eigenvalue weighted by Gasteiger charge is 2.01. The number of ketones is 1. The van der Waals surface area contributed by atoms with Gasteiger partial charge in [-0.3, -0.25) is 9.78 Å². The van der Waals surface area contributed by atoms with Crippen LogP contribution in [0.15, 0.2) is 18.3 Å². The minimum absolute atomic E-state index is 0.102. The van der Waals surface area contributed by atoms with E-state index in [-0.39, 0.29) is 5.78 Å². The number of Topliss-reactive ketones (excluding diaryl/α,β-unsaturated/α-hetero) is 1. The fourth-order valence-electron chi connectivity index (χ4n) is 0.814.